The molecule has 2 aromatic rings. The number of nitriles is 1. The van der Waals surface area contributed by atoms with Crippen LogP contribution >= 0.6 is 0 Å². The van der Waals surface area contributed by atoms with Crippen molar-refractivity contribution in [2.45, 2.75) is 0 Å². The van der Waals surface area contributed by atoms with E-state index in [9.17, 15) is 14.9 Å². The molecule has 0 saturated carbocycles. The molecule has 8 heteroatoms. The number of nitrogens with one attached hydrogen (secondary N) is 1. The predicted octanol–water partition coefficient (Wildman–Crippen LogP) is 1.81. The van der Waals surface area contributed by atoms with Crippen LogP contribution < -0.4 is 11.2 Å². The molecule has 0 unspecified atom stereocenters. The lowest BCUT2D eigenvalue weighted by atomic mass is 10.1. The van der Waals surface area contributed by atoms with Crippen LogP contribution in [0.4, 0.5) is 11.4 Å². The first kappa shape index (κ1) is 15.7. The Labute approximate surface area is 131 Å². The number of carbonyl (C=O) groups excluding carboxylic acids is 1. The highest BCUT2D eigenvalue weighted by atomic mass is 16.6. The normalized spacial score (nSPS) is 10.2. The van der Waals surface area contributed by atoms with E-state index < -0.39 is 10.8 Å². The number of rotatable bonds is 4. The van der Waals surface area contributed by atoms with E-state index in [1.165, 1.54) is 12.3 Å². The molecule has 0 spiro atoms. The van der Waals surface area contributed by atoms with Crippen molar-refractivity contribution in [3.05, 3.63) is 69.3 Å². The summed E-state index contributed by atoms with van der Waals surface area (Å²) in [5, 5.41) is 23.2. The molecule has 8 nitrogen and oxygen atoms in total. The van der Waals surface area contributed by atoms with Gasteiger partial charge in [0.05, 0.1) is 28.3 Å². The minimum Gasteiger partial charge on any atom is -0.399 e. The van der Waals surface area contributed by atoms with E-state index in [2.05, 4.69) is 10.5 Å². The van der Waals surface area contributed by atoms with Crippen LogP contribution in [0.5, 0.6) is 0 Å². The van der Waals surface area contributed by atoms with Gasteiger partial charge in [-0.25, -0.2) is 5.43 Å². The number of nitro groups is 1. The lowest BCUT2D eigenvalue weighted by Gasteiger charge is -2.02. The van der Waals surface area contributed by atoms with Gasteiger partial charge in [-0.15, -0.1) is 0 Å². The lowest BCUT2D eigenvalue weighted by Crippen LogP contribution is -2.18. The summed E-state index contributed by atoms with van der Waals surface area (Å²) in [6.45, 7) is 0. The van der Waals surface area contributed by atoms with Crippen LogP contribution in [0.1, 0.15) is 21.5 Å². The second kappa shape index (κ2) is 6.82. The zero-order valence-corrected chi connectivity index (χ0v) is 11.8. The van der Waals surface area contributed by atoms with Crippen LogP contribution in [0.15, 0.2) is 47.6 Å². The zero-order valence-electron chi connectivity index (χ0n) is 11.8. The Kier molecular flexibility index (Phi) is 4.64. The van der Waals surface area contributed by atoms with Gasteiger partial charge >= 0.3 is 0 Å². The van der Waals surface area contributed by atoms with E-state index in [0.29, 0.717) is 11.1 Å². The van der Waals surface area contributed by atoms with Gasteiger partial charge in [0.25, 0.3) is 11.6 Å². The van der Waals surface area contributed by atoms with Crippen molar-refractivity contribution < 1.29 is 9.72 Å². The largest absolute Gasteiger partial charge is 0.399 e. The highest BCUT2D eigenvalue weighted by molar-refractivity contribution is 5.96. The van der Waals surface area contributed by atoms with Gasteiger partial charge in [-0.1, -0.05) is 12.1 Å². The Balaban J connectivity index is 2.08. The molecule has 114 valence electrons. The van der Waals surface area contributed by atoms with Gasteiger partial charge in [0, 0.05) is 17.8 Å². The van der Waals surface area contributed by atoms with Crippen LogP contribution in [0.25, 0.3) is 0 Å². The van der Waals surface area contributed by atoms with Gasteiger partial charge in [0.2, 0.25) is 0 Å². The Morgan fingerprint density at radius 1 is 1.30 bits per heavy atom. The average Bonchev–Trinajstić information content (AvgIpc) is 2.54. The maximum atomic E-state index is 11.9. The number of nitrogens with two attached hydrogens (primary N) is 1. The molecule has 0 atom stereocenters. The third-order valence-electron chi connectivity index (χ3n) is 2.83. The molecule has 0 saturated heterocycles. The molecule has 23 heavy (non-hydrogen) atoms. The number of hydrogen-bond donors (Lipinski definition) is 2. The maximum absolute atomic E-state index is 11.9. The highest BCUT2D eigenvalue weighted by Crippen LogP contribution is 2.18. The number of amides is 1. The fourth-order valence-corrected chi connectivity index (χ4v) is 1.74. The van der Waals surface area contributed by atoms with Crippen molar-refractivity contribution in [2.24, 2.45) is 5.10 Å². The predicted molar refractivity (Wildman–Crippen MR) is 83.7 cm³/mol. The molecule has 1 amide bonds. The quantitative estimate of drug-likeness (QED) is 0.384. The van der Waals surface area contributed by atoms with Gasteiger partial charge in [-0.2, -0.15) is 10.4 Å². The number of anilines is 1. The third-order valence-corrected chi connectivity index (χ3v) is 2.83. The molecule has 0 radical (unpaired) electrons. The third kappa shape index (κ3) is 4.12. The molecule has 0 heterocycles. The van der Waals surface area contributed by atoms with Gasteiger partial charge in [-0.05, 0) is 23.8 Å². The van der Waals surface area contributed by atoms with Crippen molar-refractivity contribution in [1.29, 1.82) is 5.26 Å². The van der Waals surface area contributed by atoms with Crippen molar-refractivity contribution in [3.63, 3.8) is 0 Å². The van der Waals surface area contributed by atoms with E-state index in [-0.39, 0.29) is 16.9 Å². The molecule has 0 aliphatic rings. The SMILES string of the molecule is N#Cc1ccc(C=NNC(=O)c2cc(N)cc([N+](=O)[O-])c2)cc1. The number of nitrogens with zero attached hydrogens (tertiary/aromatic N) is 3. The Morgan fingerprint density at radius 3 is 2.61 bits per heavy atom. The minimum absolute atomic E-state index is 0.0358. The Hall–Kier alpha value is -3.73. The van der Waals surface area contributed by atoms with Crippen molar-refractivity contribution in [2.75, 3.05) is 5.73 Å². The van der Waals surface area contributed by atoms with Crippen LogP contribution in [0, 0.1) is 21.4 Å². The Bertz CT molecular complexity index is 822. The van der Waals surface area contributed by atoms with Crippen molar-refractivity contribution in [1.82, 2.24) is 5.43 Å². The number of nitrogen functional groups attached to an aromatic ring is 1. The molecule has 2 aromatic carbocycles. The summed E-state index contributed by atoms with van der Waals surface area (Å²) in [4.78, 5) is 22.0. The summed E-state index contributed by atoms with van der Waals surface area (Å²) in [7, 11) is 0. The van der Waals surface area contributed by atoms with Crippen LogP contribution in [-0.4, -0.2) is 17.0 Å². The maximum Gasteiger partial charge on any atom is 0.272 e. The second-order valence-corrected chi connectivity index (χ2v) is 4.50. The van der Waals surface area contributed by atoms with Gasteiger partial charge in [0.15, 0.2) is 0 Å². The van der Waals surface area contributed by atoms with Gasteiger partial charge < -0.3 is 5.73 Å². The molecule has 0 bridgehead atoms. The van der Waals surface area contributed by atoms with E-state index in [0.717, 1.165) is 12.1 Å². The Morgan fingerprint density at radius 2 is 2.00 bits per heavy atom. The number of hydrazone groups is 1. The summed E-state index contributed by atoms with van der Waals surface area (Å²) in [5.74, 6) is -0.620. The van der Waals surface area contributed by atoms with Gasteiger partial charge in [-0.3, -0.25) is 14.9 Å². The average molecular weight is 309 g/mol. The molecule has 3 N–H and O–H groups in total. The first-order valence-electron chi connectivity index (χ1n) is 6.38. The molecular weight excluding hydrogens is 298 g/mol. The number of benzene rings is 2. The number of carbonyl (C=O) groups is 1. The summed E-state index contributed by atoms with van der Waals surface area (Å²) >= 11 is 0. The van der Waals surface area contributed by atoms with Crippen LogP contribution in [-0.2, 0) is 0 Å². The molecular formula is C15H11N5O3. The fourth-order valence-electron chi connectivity index (χ4n) is 1.74. The van der Waals surface area contributed by atoms with E-state index >= 15 is 0 Å². The summed E-state index contributed by atoms with van der Waals surface area (Å²) in [6.07, 6.45) is 1.39. The summed E-state index contributed by atoms with van der Waals surface area (Å²) < 4.78 is 0. The molecule has 0 aliphatic carbocycles. The summed E-state index contributed by atoms with van der Waals surface area (Å²) in [6, 6.07) is 12.1. The number of non-ortho nitro benzene ring substituents is 1. The van der Waals surface area contributed by atoms with E-state index in [4.69, 9.17) is 11.0 Å². The van der Waals surface area contributed by atoms with Crippen LogP contribution in [0.2, 0.25) is 0 Å². The monoisotopic (exact) mass is 309 g/mol. The topological polar surface area (TPSA) is 134 Å². The lowest BCUT2D eigenvalue weighted by molar-refractivity contribution is -0.384. The molecule has 0 aromatic heterocycles. The smallest absolute Gasteiger partial charge is 0.272 e. The number of hydrogen-bond acceptors (Lipinski definition) is 6. The molecule has 2 rings (SSSR count). The highest BCUT2D eigenvalue weighted by Gasteiger charge is 2.13. The number of nitro benzene ring substituents is 1. The van der Waals surface area contributed by atoms with Gasteiger partial charge in [0.1, 0.15) is 0 Å². The second-order valence-electron chi connectivity index (χ2n) is 4.50. The molecule has 0 fully saturated rings. The van der Waals surface area contributed by atoms with Crippen molar-refractivity contribution >= 4 is 23.5 Å². The van der Waals surface area contributed by atoms with E-state index in [1.807, 2.05) is 6.07 Å². The first-order valence-corrected chi connectivity index (χ1v) is 6.38. The molecule has 0 aliphatic heterocycles. The first-order chi connectivity index (χ1) is 11.0. The summed E-state index contributed by atoms with van der Waals surface area (Å²) in [5.41, 5.74) is 8.86. The van der Waals surface area contributed by atoms with E-state index in [1.54, 1.807) is 24.3 Å². The van der Waals surface area contributed by atoms with Crippen molar-refractivity contribution in [3.8, 4) is 6.07 Å². The minimum atomic E-state index is -0.632. The fraction of sp³-hybridized carbons (Fsp3) is 0. The standard InChI is InChI=1S/C15H11N5O3/c16-8-10-1-3-11(4-2-10)9-18-19-15(21)12-5-13(17)7-14(6-12)20(22)23/h1-7,9H,17H2,(H,19,21). The zero-order chi connectivity index (χ0) is 16.8. The van der Waals surface area contributed by atoms with Crippen LogP contribution in [0.3, 0.4) is 0 Å².